The molecule has 0 aliphatic carbocycles. The van der Waals surface area contributed by atoms with Crippen molar-refractivity contribution in [3.05, 3.63) is 23.1 Å². The highest BCUT2D eigenvalue weighted by Gasteiger charge is 2.18. The molecule has 3 nitrogen and oxygen atoms in total. The SMILES string of the molecule is Nc1ncc(C(F)F)c(CO)c1F. The summed E-state index contributed by atoms with van der Waals surface area (Å²) in [5.41, 5.74) is 3.90. The van der Waals surface area contributed by atoms with E-state index in [0.29, 0.717) is 0 Å². The van der Waals surface area contributed by atoms with Gasteiger partial charge in [-0.25, -0.2) is 18.2 Å². The van der Waals surface area contributed by atoms with Crippen molar-refractivity contribution in [3.63, 3.8) is 0 Å². The van der Waals surface area contributed by atoms with Crippen LogP contribution < -0.4 is 5.73 Å². The average Bonchev–Trinajstić information content (AvgIpc) is 2.09. The topological polar surface area (TPSA) is 59.1 Å². The van der Waals surface area contributed by atoms with Gasteiger partial charge in [-0.05, 0) is 0 Å². The molecule has 0 aliphatic rings. The minimum atomic E-state index is -2.87. The zero-order chi connectivity index (χ0) is 10.0. The maximum Gasteiger partial charge on any atom is 0.265 e. The number of pyridine rings is 1. The first kappa shape index (κ1) is 9.79. The van der Waals surface area contributed by atoms with Gasteiger partial charge in [-0.2, -0.15) is 0 Å². The van der Waals surface area contributed by atoms with Gasteiger partial charge in [-0.3, -0.25) is 0 Å². The Balaban J connectivity index is 3.30. The van der Waals surface area contributed by atoms with Crippen LogP contribution in [-0.2, 0) is 6.61 Å². The number of alkyl halides is 2. The molecule has 6 heteroatoms. The number of nitrogens with zero attached hydrogens (tertiary/aromatic N) is 1. The number of nitrogens with two attached hydrogens (primary N) is 1. The molecular formula is C7H7F3N2O. The second-order valence-corrected chi connectivity index (χ2v) is 2.35. The molecule has 0 aliphatic heterocycles. The third kappa shape index (κ3) is 1.72. The molecule has 0 spiro atoms. The number of halogens is 3. The van der Waals surface area contributed by atoms with Crippen LogP contribution >= 0.6 is 0 Å². The number of hydrogen-bond acceptors (Lipinski definition) is 3. The summed E-state index contributed by atoms with van der Waals surface area (Å²) in [4.78, 5) is 3.22. The Kier molecular flexibility index (Phi) is 2.72. The molecule has 0 aromatic carbocycles. The van der Waals surface area contributed by atoms with Crippen LogP contribution in [0.4, 0.5) is 19.0 Å². The molecule has 0 atom stereocenters. The maximum atomic E-state index is 12.9. The molecule has 0 amide bonds. The first-order valence-electron chi connectivity index (χ1n) is 3.39. The molecule has 0 bridgehead atoms. The van der Waals surface area contributed by atoms with Crippen LogP contribution in [0.25, 0.3) is 0 Å². The largest absolute Gasteiger partial charge is 0.392 e. The van der Waals surface area contributed by atoms with Crippen molar-refractivity contribution in [1.29, 1.82) is 0 Å². The van der Waals surface area contributed by atoms with E-state index >= 15 is 0 Å². The summed E-state index contributed by atoms with van der Waals surface area (Å²) in [6.07, 6.45) is -2.11. The highest BCUT2D eigenvalue weighted by Crippen LogP contribution is 2.25. The Bertz CT molecular complexity index is 317. The van der Waals surface area contributed by atoms with Crippen molar-refractivity contribution in [2.45, 2.75) is 13.0 Å². The molecule has 13 heavy (non-hydrogen) atoms. The van der Waals surface area contributed by atoms with Gasteiger partial charge in [0.05, 0.1) is 6.61 Å². The third-order valence-electron chi connectivity index (χ3n) is 1.57. The molecule has 72 valence electrons. The number of nitrogen functional groups attached to an aromatic ring is 1. The van der Waals surface area contributed by atoms with Gasteiger partial charge in [0.1, 0.15) is 0 Å². The summed E-state index contributed by atoms with van der Waals surface area (Å²) in [6.45, 7) is -0.821. The van der Waals surface area contributed by atoms with E-state index in [1.807, 2.05) is 0 Å². The van der Waals surface area contributed by atoms with Crippen LogP contribution in [0.3, 0.4) is 0 Å². The second kappa shape index (κ2) is 3.61. The first-order chi connectivity index (χ1) is 6.07. The monoisotopic (exact) mass is 192 g/mol. The lowest BCUT2D eigenvalue weighted by molar-refractivity contribution is 0.145. The first-order valence-corrected chi connectivity index (χ1v) is 3.39. The number of hydrogen-bond donors (Lipinski definition) is 2. The van der Waals surface area contributed by atoms with Crippen LogP contribution in [0.5, 0.6) is 0 Å². The number of anilines is 1. The number of aromatic nitrogens is 1. The minimum Gasteiger partial charge on any atom is -0.392 e. The van der Waals surface area contributed by atoms with Crippen LogP contribution in [-0.4, -0.2) is 10.1 Å². The number of aliphatic hydroxyl groups is 1. The molecule has 1 aromatic rings. The lowest BCUT2D eigenvalue weighted by atomic mass is 10.1. The molecular weight excluding hydrogens is 185 g/mol. The van der Waals surface area contributed by atoms with Crippen LogP contribution in [0, 0.1) is 5.82 Å². The molecule has 0 unspecified atom stereocenters. The standard InChI is InChI=1S/C7H7F3N2O/c8-5-4(2-13)3(6(9)10)1-12-7(5)11/h1,6,13H,2H2,(H2,11,12). The van der Waals surface area contributed by atoms with E-state index in [4.69, 9.17) is 10.8 Å². The Morgan fingerprint density at radius 3 is 2.62 bits per heavy atom. The smallest absolute Gasteiger partial charge is 0.265 e. The van der Waals surface area contributed by atoms with E-state index in [1.54, 1.807) is 0 Å². The van der Waals surface area contributed by atoms with E-state index in [0.717, 1.165) is 6.20 Å². The van der Waals surface area contributed by atoms with Gasteiger partial charge in [-0.1, -0.05) is 0 Å². The molecule has 0 saturated carbocycles. The predicted octanol–water partition coefficient (Wildman–Crippen LogP) is 1.23. The van der Waals surface area contributed by atoms with Gasteiger partial charge in [0.15, 0.2) is 11.6 Å². The van der Waals surface area contributed by atoms with E-state index < -0.39 is 35.8 Å². The van der Waals surface area contributed by atoms with Crippen LogP contribution in [0.15, 0.2) is 6.20 Å². The average molecular weight is 192 g/mol. The highest BCUT2D eigenvalue weighted by atomic mass is 19.3. The lowest BCUT2D eigenvalue weighted by Crippen LogP contribution is -2.05. The normalized spacial score (nSPS) is 10.8. The van der Waals surface area contributed by atoms with Gasteiger partial charge in [0.2, 0.25) is 0 Å². The Morgan fingerprint density at radius 1 is 1.54 bits per heavy atom. The number of aliphatic hydroxyl groups excluding tert-OH is 1. The predicted molar refractivity (Wildman–Crippen MR) is 39.5 cm³/mol. The third-order valence-corrected chi connectivity index (χ3v) is 1.57. The van der Waals surface area contributed by atoms with Crippen LogP contribution in [0.1, 0.15) is 17.6 Å². The van der Waals surface area contributed by atoms with Gasteiger partial charge >= 0.3 is 0 Å². The fourth-order valence-corrected chi connectivity index (χ4v) is 0.904. The fourth-order valence-electron chi connectivity index (χ4n) is 0.904. The Labute approximate surface area is 72.0 Å². The summed E-state index contributed by atoms with van der Waals surface area (Å²) < 4.78 is 37.3. The van der Waals surface area contributed by atoms with Gasteiger partial charge in [0.25, 0.3) is 6.43 Å². The van der Waals surface area contributed by atoms with E-state index in [-0.39, 0.29) is 0 Å². The quantitative estimate of drug-likeness (QED) is 0.740. The van der Waals surface area contributed by atoms with Crippen molar-refractivity contribution < 1.29 is 18.3 Å². The highest BCUT2D eigenvalue weighted by molar-refractivity contribution is 5.39. The lowest BCUT2D eigenvalue weighted by Gasteiger charge is -2.07. The van der Waals surface area contributed by atoms with Crippen molar-refractivity contribution >= 4 is 5.82 Å². The fraction of sp³-hybridized carbons (Fsp3) is 0.286. The van der Waals surface area contributed by atoms with Crippen molar-refractivity contribution in [2.75, 3.05) is 5.73 Å². The molecule has 0 radical (unpaired) electrons. The molecule has 0 saturated heterocycles. The Morgan fingerprint density at radius 2 is 2.15 bits per heavy atom. The zero-order valence-electron chi connectivity index (χ0n) is 6.47. The summed E-state index contributed by atoms with van der Waals surface area (Å²) in [7, 11) is 0. The van der Waals surface area contributed by atoms with Gasteiger partial charge in [-0.15, -0.1) is 0 Å². The van der Waals surface area contributed by atoms with E-state index in [1.165, 1.54) is 0 Å². The summed E-state index contributed by atoms with van der Waals surface area (Å²) in [6, 6.07) is 0. The van der Waals surface area contributed by atoms with E-state index in [9.17, 15) is 13.2 Å². The van der Waals surface area contributed by atoms with Crippen molar-refractivity contribution in [1.82, 2.24) is 4.98 Å². The van der Waals surface area contributed by atoms with E-state index in [2.05, 4.69) is 4.98 Å². The van der Waals surface area contributed by atoms with Crippen molar-refractivity contribution in [2.24, 2.45) is 0 Å². The maximum absolute atomic E-state index is 12.9. The molecule has 1 heterocycles. The molecule has 1 rings (SSSR count). The van der Waals surface area contributed by atoms with Gasteiger partial charge in [0, 0.05) is 17.3 Å². The second-order valence-electron chi connectivity index (χ2n) is 2.35. The zero-order valence-corrected chi connectivity index (χ0v) is 6.47. The Hall–Kier alpha value is -1.30. The number of rotatable bonds is 2. The van der Waals surface area contributed by atoms with Crippen molar-refractivity contribution in [3.8, 4) is 0 Å². The summed E-state index contributed by atoms with van der Waals surface area (Å²) >= 11 is 0. The molecule has 3 N–H and O–H groups in total. The molecule has 1 aromatic heterocycles. The summed E-state index contributed by atoms with van der Waals surface area (Å²) in [5, 5.41) is 8.62. The minimum absolute atomic E-state index is 0.492. The van der Waals surface area contributed by atoms with Gasteiger partial charge < -0.3 is 10.8 Å². The van der Waals surface area contributed by atoms with Crippen LogP contribution in [0.2, 0.25) is 0 Å². The molecule has 0 fully saturated rings. The summed E-state index contributed by atoms with van der Waals surface area (Å²) in [5.74, 6) is -1.58.